The Hall–Kier alpha value is -7.51. The van der Waals surface area contributed by atoms with Gasteiger partial charge in [0, 0.05) is 90.4 Å². The number of aromatic nitrogens is 4. The zero-order valence-electron chi connectivity index (χ0n) is 28.5. The van der Waals surface area contributed by atoms with Crippen LogP contribution >= 0.6 is 0 Å². The Balaban J connectivity index is 0.920. The highest BCUT2D eigenvalue weighted by atomic mass is 16.3. The number of furan rings is 2. The van der Waals surface area contributed by atoms with Gasteiger partial charge in [-0.2, -0.15) is 0 Å². The number of carbonyl (C=O) groups is 1. The molecule has 0 N–H and O–H groups in total. The fraction of sp³-hybridized carbons (Fsp3) is 0. The van der Waals surface area contributed by atoms with E-state index in [1.165, 1.54) is 0 Å². The Morgan fingerprint density at radius 1 is 0.407 bits per heavy atom. The van der Waals surface area contributed by atoms with Crippen molar-refractivity contribution in [3.8, 4) is 11.4 Å². The van der Waals surface area contributed by atoms with Crippen LogP contribution in [0.5, 0.6) is 0 Å². The van der Waals surface area contributed by atoms with Gasteiger partial charge < -0.3 is 18.0 Å². The fourth-order valence-electron chi connectivity index (χ4n) is 8.45. The van der Waals surface area contributed by atoms with Crippen molar-refractivity contribution in [1.82, 2.24) is 19.1 Å². The standard InChI is InChI=1S/C47H26N4O3/c52-47(27-9-13-33-35-23-29(11-15-43(35)53-45(33)21-27)50-39-7-3-1-5-31(39)37-25-48-19-17-41(37)50)28-10-14-34-36-24-30(12-16-44(36)54-46(34)22-28)51-40-8-4-2-6-32(40)38-26-49-20-18-42(38)51/h1-26H. The van der Waals surface area contributed by atoms with Crippen LogP contribution in [-0.2, 0) is 0 Å². The molecule has 0 unspecified atom stereocenters. The van der Waals surface area contributed by atoms with Crippen molar-refractivity contribution in [3.63, 3.8) is 0 Å². The molecule has 0 spiro atoms. The molecular formula is C47H26N4O3. The summed E-state index contributed by atoms with van der Waals surface area (Å²) in [5.41, 5.74) is 10.4. The van der Waals surface area contributed by atoms with Gasteiger partial charge in [-0.15, -0.1) is 0 Å². The lowest BCUT2D eigenvalue weighted by molar-refractivity contribution is 0.103. The smallest absolute Gasteiger partial charge is 0.193 e. The van der Waals surface area contributed by atoms with Crippen LogP contribution in [0, 0.1) is 0 Å². The predicted octanol–water partition coefficient (Wildman–Crippen LogP) is 11.7. The minimum absolute atomic E-state index is 0.0983. The van der Waals surface area contributed by atoms with Crippen molar-refractivity contribution in [2.45, 2.75) is 0 Å². The normalized spacial score (nSPS) is 12.1. The minimum atomic E-state index is -0.0983. The second kappa shape index (κ2) is 10.8. The number of ketones is 1. The quantitative estimate of drug-likeness (QED) is 0.171. The van der Waals surface area contributed by atoms with E-state index in [9.17, 15) is 4.79 Å². The fourth-order valence-corrected chi connectivity index (χ4v) is 8.45. The van der Waals surface area contributed by atoms with Crippen LogP contribution in [0.1, 0.15) is 15.9 Å². The van der Waals surface area contributed by atoms with E-state index in [1.807, 2.05) is 73.3 Å². The zero-order valence-corrected chi connectivity index (χ0v) is 28.5. The summed E-state index contributed by atoms with van der Waals surface area (Å²) in [4.78, 5) is 22.8. The number of fused-ring (bicyclic) bond motifs is 12. The van der Waals surface area contributed by atoms with E-state index in [2.05, 4.69) is 104 Å². The van der Waals surface area contributed by atoms with Crippen molar-refractivity contribution in [1.29, 1.82) is 0 Å². The number of pyridine rings is 2. The van der Waals surface area contributed by atoms with Crippen LogP contribution in [0.25, 0.3) is 98.9 Å². The molecule has 7 nitrogen and oxygen atoms in total. The maximum Gasteiger partial charge on any atom is 0.193 e. The van der Waals surface area contributed by atoms with Gasteiger partial charge in [-0.25, -0.2) is 0 Å². The Kier molecular flexibility index (Phi) is 5.80. The van der Waals surface area contributed by atoms with Gasteiger partial charge in [0.1, 0.15) is 22.3 Å². The Morgan fingerprint density at radius 3 is 1.37 bits per heavy atom. The lowest BCUT2D eigenvalue weighted by Gasteiger charge is -2.07. The molecule has 0 radical (unpaired) electrons. The highest BCUT2D eigenvalue weighted by Crippen LogP contribution is 2.38. The summed E-state index contributed by atoms with van der Waals surface area (Å²) in [6.07, 6.45) is 7.51. The number of rotatable bonds is 4. The van der Waals surface area contributed by atoms with Gasteiger partial charge in [0.25, 0.3) is 0 Å². The third-order valence-electron chi connectivity index (χ3n) is 10.9. The second-order valence-corrected chi connectivity index (χ2v) is 13.8. The first kappa shape index (κ1) is 29.1. The van der Waals surface area contributed by atoms with E-state index in [-0.39, 0.29) is 5.78 Å². The van der Waals surface area contributed by atoms with E-state index in [4.69, 9.17) is 8.83 Å². The van der Waals surface area contributed by atoms with Gasteiger partial charge in [-0.3, -0.25) is 14.8 Å². The zero-order chi connectivity index (χ0) is 35.5. The second-order valence-electron chi connectivity index (χ2n) is 13.8. The molecule has 7 heteroatoms. The molecule has 6 heterocycles. The molecule has 0 aliphatic carbocycles. The number of para-hydroxylation sites is 2. The van der Waals surface area contributed by atoms with Crippen LogP contribution in [0.4, 0.5) is 0 Å². The SMILES string of the molecule is O=C(c1ccc2c(c1)oc1ccc(-n3c4ccccc4c4cnccc43)cc12)c1ccc2c(c1)oc1ccc(-n3c4ccccc4c4cnccc43)cc12. The monoisotopic (exact) mass is 694 g/mol. The van der Waals surface area contributed by atoms with Gasteiger partial charge in [0.2, 0.25) is 0 Å². The van der Waals surface area contributed by atoms with Crippen LogP contribution in [0.15, 0.2) is 167 Å². The molecule has 0 amide bonds. The molecule has 252 valence electrons. The number of carbonyl (C=O) groups excluding carboxylic acids is 1. The summed E-state index contributed by atoms with van der Waals surface area (Å²) in [6.45, 7) is 0. The molecule has 0 aliphatic rings. The van der Waals surface area contributed by atoms with Crippen molar-refractivity contribution >= 4 is 93.3 Å². The van der Waals surface area contributed by atoms with Gasteiger partial charge in [0.05, 0.1) is 22.1 Å². The molecule has 0 bridgehead atoms. The lowest BCUT2D eigenvalue weighted by atomic mass is 10.0. The highest BCUT2D eigenvalue weighted by Gasteiger charge is 2.19. The number of hydrogen-bond donors (Lipinski definition) is 0. The molecule has 12 rings (SSSR count). The Morgan fingerprint density at radius 2 is 0.870 bits per heavy atom. The molecule has 0 aliphatic heterocycles. The minimum Gasteiger partial charge on any atom is -0.456 e. The number of hydrogen-bond acceptors (Lipinski definition) is 5. The topological polar surface area (TPSA) is 79.0 Å². The van der Waals surface area contributed by atoms with Crippen LogP contribution in [0.3, 0.4) is 0 Å². The Bertz CT molecular complexity index is 3200. The molecule has 12 aromatic rings. The number of benzene rings is 6. The van der Waals surface area contributed by atoms with E-state index in [0.29, 0.717) is 22.3 Å². The summed E-state index contributed by atoms with van der Waals surface area (Å²) in [5, 5.41) is 8.41. The van der Waals surface area contributed by atoms with Gasteiger partial charge in [-0.1, -0.05) is 48.5 Å². The van der Waals surface area contributed by atoms with Gasteiger partial charge in [0.15, 0.2) is 5.78 Å². The lowest BCUT2D eigenvalue weighted by Crippen LogP contribution is -2.00. The van der Waals surface area contributed by atoms with Gasteiger partial charge in [-0.05, 0) is 84.9 Å². The summed E-state index contributed by atoms with van der Waals surface area (Å²) in [5.74, 6) is -0.0983. The molecule has 6 aromatic heterocycles. The molecular weight excluding hydrogens is 669 g/mol. The molecule has 0 saturated heterocycles. The molecule has 0 atom stereocenters. The summed E-state index contributed by atoms with van der Waals surface area (Å²) in [6, 6.07) is 44.8. The van der Waals surface area contributed by atoms with E-state index in [1.54, 1.807) is 0 Å². The highest BCUT2D eigenvalue weighted by molar-refractivity contribution is 6.16. The van der Waals surface area contributed by atoms with Crippen LogP contribution in [0.2, 0.25) is 0 Å². The molecule has 0 saturated carbocycles. The van der Waals surface area contributed by atoms with Crippen molar-refractivity contribution in [3.05, 3.63) is 169 Å². The summed E-state index contributed by atoms with van der Waals surface area (Å²) < 4.78 is 17.2. The average Bonchev–Trinajstić information content (AvgIpc) is 3.97. The first-order valence-electron chi connectivity index (χ1n) is 17.8. The van der Waals surface area contributed by atoms with Crippen LogP contribution in [-0.4, -0.2) is 24.9 Å². The first-order chi connectivity index (χ1) is 26.7. The van der Waals surface area contributed by atoms with Crippen molar-refractivity contribution < 1.29 is 13.6 Å². The van der Waals surface area contributed by atoms with E-state index < -0.39 is 0 Å². The molecule has 54 heavy (non-hydrogen) atoms. The summed E-state index contributed by atoms with van der Waals surface area (Å²) in [7, 11) is 0. The van der Waals surface area contributed by atoms with Crippen molar-refractivity contribution in [2.24, 2.45) is 0 Å². The van der Waals surface area contributed by atoms with Crippen molar-refractivity contribution in [2.75, 3.05) is 0 Å². The van der Waals surface area contributed by atoms with E-state index >= 15 is 0 Å². The predicted molar refractivity (Wildman–Crippen MR) is 215 cm³/mol. The van der Waals surface area contributed by atoms with Gasteiger partial charge >= 0.3 is 0 Å². The first-order valence-corrected chi connectivity index (χ1v) is 17.8. The third kappa shape index (κ3) is 4.03. The van der Waals surface area contributed by atoms with E-state index in [0.717, 1.165) is 87.7 Å². The maximum atomic E-state index is 14.0. The summed E-state index contributed by atoms with van der Waals surface area (Å²) >= 11 is 0. The maximum absolute atomic E-state index is 14.0. The Labute approximate surface area is 305 Å². The largest absolute Gasteiger partial charge is 0.456 e. The average molecular weight is 695 g/mol. The third-order valence-corrected chi connectivity index (χ3v) is 10.9. The number of nitrogens with zero attached hydrogens (tertiary/aromatic N) is 4. The van der Waals surface area contributed by atoms with Crippen LogP contribution < -0.4 is 0 Å². The molecule has 0 fully saturated rings. The molecule has 6 aromatic carbocycles.